The lowest BCUT2D eigenvalue weighted by Gasteiger charge is -2.32. The van der Waals surface area contributed by atoms with Gasteiger partial charge >= 0.3 is 12.4 Å². The zero-order valence-corrected chi connectivity index (χ0v) is 20.8. The van der Waals surface area contributed by atoms with E-state index in [9.17, 15) is 36.6 Å². The third-order valence-corrected chi connectivity index (χ3v) is 7.46. The lowest BCUT2D eigenvalue weighted by Crippen LogP contribution is -2.52. The Morgan fingerprint density at radius 2 is 1.90 bits per heavy atom. The first kappa shape index (κ1) is 27.0. The van der Waals surface area contributed by atoms with Gasteiger partial charge in [0.1, 0.15) is 4.88 Å². The van der Waals surface area contributed by atoms with E-state index in [0.29, 0.717) is 47.3 Å². The van der Waals surface area contributed by atoms with E-state index in [4.69, 9.17) is 0 Å². The number of aliphatic hydroxyl groups excluding tert-OH is 1. The normalized spacial score (nSPS) is 17.3. The highest BCUT2D eigenvalue weighted by Gasteiger charge is 2.38. The van der Waals surface area contributed by atoms with E-state index in [1.165, 1.54) is 6.20 Å². The number of rotatable bonds is 5. The van der Waals surface area contributed by atoms with Crippen LogP contribution in [-0.4, -0.2) is 57.7 Å². The zero-order chi connectivity index (χ0) is 27.9. The number of aromatic hydroxyl groups is 1. The van der Waals surface area contributed by atoms with Crippen molar-refractivity contribution >= 4 is 39.0 Å². The molecule has 39 heavy (non-hydrogen) atoms. The molecule has 1 fully saturated rings. The highest BCUT2D eigenvalue weighted by molar-refractivity contribution is 7.17. The van der Waals surface area contributed by atoms with Gasteiger partial charge in [0.25, 0.3) is 0 Å². The van der Waals surface area contributed by atoms with Crippen LogP contribution in [0.1, 0.15) is 27.1 Å². The van der Waals surface area contributed by atoms with Crippen LogP contribution < -0.4 is 10.2 Å². The molecular formula is C25H21F6N5O2S. The molecule has 0 aliphatic carbocycles. The van der Waals surface area contributed by atoms with E-state index in [-0.39, 0.29) is 29.2 Å². The van der Waals surface area contributed by atoms with Crippen LogP contribution in [0.5, 0.6) is 5.88 Å². The number of hydrogen-bond acceptors (Lipinski definition) is 7. The van der Waals surface area contributed by atoms with Crippen LogP contribution >= 0.6 is 11.3 Å². The maximum atomic E-state index is 13.9. The summed E-state index contributed by atoms with van der Waals surface area (Å²) in [6, 6.07) is 6.12. The second-order valence-electron chi connectivity index (χ2n) is 8.96. The molecule has 2 aromatic carbocycles. The number of alkyl halides is 6. The smallest absolute Gasteiger partial charge is 0.417 e. The molecule has 1 aliphatic rings. The maximum absolute atomic E-state index is 13.9. The Balaban J connectivity index is 1.67. The molecule has 3 heterocycles. The summed E-state index contributed by atoms with van der Waals surface area (Å²) in [6.07, 6.45) is -7.41. The van der Waals surface area contributed by atoms with Gasteiger partial charge in [0.05, 0.1) is 29.4 Å². The number of aromatic amines is 1. The van der Waals surface area contributed by atoms with Gasteiger partial charge in [-0.1, -0.05) is 23.5 Å². The fourth-order valence-corrected chi connectivity index (χ4v) is 5.42. The molecule has 0 bridgehead atoms. The molecule has 4 N–H and O–H groups in total. The summed E-state index contributed by atoms with van der Waals surface area (Å²) in [6.45, 7) is 1.33. The average molecular weight is 570 g/mol. The highest BCUT2D eigenvalue weighted by Crippen LogP contribution is 2.43. The van der Waals surface area contributed by atoms with Crippen LogP contribution in [0.4, 0.5) is 31.5 Å². The summed E-state index contributed by atoms with van der Waals surface area (Å²) < 4.78 is 81.5. The lowest BCUT2D eigenvalue weighted by atomic mass is 9.96. The van der Waals surface area contributed by atoms with Gasteiger partial charge in [-0.15, -0.1) is 0 Å². The van der Waals surface area contributed by atoms with E-state index >= 15 is 0 Å². The van der Waals surface area contributed by atoms with Crippen molar-refractivity contribution in [2.45, 2.75) is 18.4 Å². The van der Waals surface area contributed by atoms with E-state index in [1.807, 2.05) is 4.90 Å². The number of aliphatic hydroxyl groups is 1. The number of fused-ring (bicyclic) bond motifs is 1. The second kappa shape index (κ2) is 10.2. The first-order valence-electron chi connectivity index (χ1n) is 11.7. The number of H-pyrrole nitrogens is 1. The lowest BCUT2D eigenvalue weighted by molar-refractivity contribution is -0.143. The van der Waals surface area contributed by atoms with Crippen LogP contribution in [-0.2, 0) is 12.4 Å². The minimum Gasteiger partial charge on any atom is -0.492 e. The summed E-state index contributed by atoms with van der Waals surface area (Å²) in [5, 5.41) is 31.2. The van der Waals surface area contributed by atoms with Crippen molar-refractivity contribution in [2.24, 2.45) is 0 Å². The molecule has 1 saturated heterocycles. The average Bonchev–Trinajstić information content (AvgIpc) is 3.52. The Morgan fingerprint density at radius 3 is 2.62 bits per heavy atom. The Morgan fingerprint density at radius 1 is 1.10 bits per heavy atom. The van der Waals surface area contributed by atoms with Crippen molar-refractivity contribution in [3.63, 3.8) is 0 Å². The van der Waals surface area contributed by atoms with Crippen molar-refractivity contribution in [1.29, 1.82) is 0 Å². The predicted octanol–water partition coefficient (Wildman–Crippen LogP) is 5.12. The Bertz CT molecular complexity index is 1530. The third-order valence-electron chi connectivity index (χ3n) is 6.33. The van der Waals surface area contributed by atoms with Gasteiger partial charge in [-0.05, 0) is 41.5 Å². The monoisotopic (exact) mass is 569 g/mol. The summed E-state index contributed by atoms with van der Waals surface area (Å²) in [5.74, 6) is -0.437. The van der Waals surface area contributed by atoms with E-state index in [0.717, 1.165) is 23.5 Å². The predicted molar refractivity (Wildman–Crippen MR) is 134 cm³/mol. The first-order chi connectivity index (χ1) is 18.4. The standard InChI is InChI=1S/C25H21F6N5O2S/c26-24(27,28)16-3-1-14(19(9-16)25(29,30)31)8-18(13-2-4-20-15(7-13)10-33-35-20)21-22(38)34-23(39-21)36-6-5-32-17(11-36)12-37/h1-4,7-10,17,32,37-38H,5-6,11-12H2,(H,33,35)/t17-/m1/s1. The first-order valence-corrected chi connectivity index (χ1v) is 12.5. The topological polar surface area (TPSA) is 97.3 Å². The zero-order valence-electron chi connectivity index (χ0n) is 19.9. The fraction of sp³-hybridized carbons (Fsp3) is 0.280. The number of nitrogens with one attached hydrogen (secondary N) is 2. The number of nitrogens with zero attached hydrogens (tertiary/aromatic N) is 3. The van der Waals surface area contributed by atoms with E-state index in [2.05, 4.69) is 20.5 Å². The fourth-order valence-electron chi connectivity index (χ4n) is 4.38. The summed E-state index contributed by atoms with van der Waals surface area (Å²) in [4.78, 5) is 6.19. The number of benzene rings is 2. The van der Waals surface area contributed by atoms with E-state index < -0.39 is 34.9 Å². The molecule has 0 saturated carbocycles. The Hall–Kier alpha value is -3.62. The van der Waals surface area contributed by atoms with Crippen LogP contribution in [0, 0.1) is 0 Å². The Kier molecular flexibility index (Phi) is 7.03. The van der Waals surface area contributed by atoms with Crippen LogP contribution in [0.3, 0.4) is 0 Å². The van der Waals surface area contributed by atoms with Crippen molar-refractivity contribution in [3.8, 4) is 5.88 Å². The van der Waals surface area contributed by atoms with Gasteiger partial charge in [-0.2, -0.15) is 36.4 Å². The SMILES string of the molecule is OC[C@H]1CN(c2nc(O)c(C(=Cc3ccc(C(F)(F)F)cc3C(F)(F)F)c3ccc4[nH]ncc4c3)s2)CCN1. The number of thiazole rings is 1. The quantitative estimate of drug-likeness (QED) is 0.197. The molecule has 0 spiro atoms. The van der Waals surface area contributed by atoms with Crippen LogP contribution in [0.2, 0.25) is 0 Å². The summed E-state index contributed by atoms with van der Waals surface area (Å²) >= 11 is 1.03. The van der Waals surface area contributed by atoms with Crippen molar-refractivity contribution in [2.75, 3.05) is 31.1 Å². The molecule has 0 radical (unpaired) electrons. The van der Waals surface area contributed by atoms with Gasteiger partial charge in [-0.25, -0.2) is 0 Å². The Labute approximate surface area is 221 Å². The number of halogens is 6. The van der Waals surface area contributed by atoms with Crippen molar-refractivity contribution < 1.29 is 36.6 Å². The molecule has 5 rings (SSSR count). The molecule has 0 unspecified atom stereocenters. The number of anilines is 1. The van der Waals surface area contributed by atoms with Crippen LogP contribution in [0.25, 0.3) is 22.6 Å². The number of piperazine rings is 1. The van der Waals surface area contributed by atoms with Gasteiger partial charge in [0.2, 0.25) is 5.88 Å². The highest BCUT2D eigenvalue weighted by atomic mass is 32.1. The van der Waals surface area contributed by atoms with Crippen LogP contribution in [0.15, 0.2) is 42.6 Å². The molecule has 2 aromatic heterocycles. The molecular weight excluding hydrogens is 548 g/mol. The summed E-state index contributed by atoms with van der Waals surface area (Å²) in [5.41, 5.74) is -2.19. The molecule has 1 atom stereocenters. The van der Waals surface area contributed by atoms with Gasteiger partial charge in [-0.3, -0.25) is 5.10 Å². The maximum Gasteiger partial charge on any atom is 0.417 e. The molecule has 0 amide bonds. The van der Waals surface area contributed by atoms with E-state index in [1.54, 1.807) is 18.2 Å². The molecule has 7 nitrogen and oxygen atoms in total. The molecule has 14 heteroatoms. The van der Waals surface area contributed by atoms with Crippen molar-refractivity contribution in [3.05, 3.63) is 69.7 Å². The number of aromatic nitrogens is 3. The number of hydrogen-bond donors (Lipinski definition) is 4. The van der Waals surface area contributed by atoms with Gasteiger partial charge in [0, 0.05) is 36.6 Å². The largest absolute Gasteiger partial charge is 0.492 e. The van der Waals surface area contributed by atoms with Gasteiger partial charge < -0.3 is 20.4 Å². The third kappa shape index (κ3) is 5.58. The molecule has 206 valence electrons. The summed E-state index contributed by atoms with van der Waals surface area (Å²) in [7, 11) is 0. The minimum atomic E-state index is -5.08. The van der Waals surface area contributed by atoms with Crippen molar-refractivity contribution in [1.82, 2.24) is 20.5 Å². The van der Waals surface area contributed by atoms with Gasteiger partial charge in [0.15, 0.2) is 5.13 Å². The minimum absolute atomic E-state index is 0.0798. The molecule has 4 aromatic rings. The second-order valence-corrected chi connectivity index (χ2v) is 9.93. The molecule has 1 aliphatic heterocycles.